The van der Waals surface area contributed by atoms with Gasteiger partial charge in [-0.05, 0) is 6.42 Å². The molecule has 0 bridgehead atoms. The molecule has 2 fully saturated rings. The van der Waals surface area contributed by atoms with Crippen molar-refractivity contribution in [1.29, 1.82) is 0 Å². The second kappa shape index (κ2) is 5.15. The standard InChI is InChI=1S/C9H16N2O6/c12-5-4-16-8(7(14)6(5)13)17-11-3-1-2-10-9(11)15/h5-8,12-14H,1-4H2,(H,10,15). The minimum Gasteiger partial charge on any atom is -0.388 e. The first-order valence-corrected chi connectivity index (χ1v) is 5.47. The number of hydroxylamine groups is 2. The third kappa shape index (κ3) is 2.67. The highest BCUT2D eigenvalue weighted by atomic mass is 16.8. The zero-order chi connectivity index (χ0) is 12.4. The van der Waals surface area contributed by atoms with Crippen molar-refractivity contribution >= 4 is 6.03 Å². The normalized spacial score (nSPS) is 39.0. The number of aliphatic hydroxyl groups excluding tert-OH is 3. The van der Waals surface area contributed by atoms with Crippen LogP contribution < -0.4 is 5.32 Å². The fourth-order valence-corrected chi connectivity index (χ4v) is 1.71. The molecule has 2 rings (SSSR count). The highest BCUT2D eigenvalue weighted by Crippen LogP contribution is 2.18. The molecule has 0 aromatic carbocycles. The molecule has 2 amide bonds. The van der Waals surface area contributed by atoms with E-state index in [-0.39, 0.29) is 6.61 Å². The van der Waals surface area contributed by atoms with Crippen molar-refractivity contribution in [2.75, 3.05) is 19.7 Å². The van der Waals surface area contributed by atoms with Gasteiger partial charge < -0.3 is 25.4 Å². The minimum atomic E-state index is -1.39. The van der Waals surface area contributed by atoms with Crippen molar-refractivity contribution in [3.63, 3.8) is 0 Å². The molecule has 4 unspecified atom stereocenters. The van der Waals surface area contributed by atoms with Crippen LogP contribution in [0, 0.1) is 0 Å². The van der Waals surface area contributed by atoms with Gasteiger partial charge in [0, 0.05) is 6.54 Å². The monoisotopic (exact) mass is 248 g/mol. The van der Waals surface area contributed by atoms with Crippen LogP contribution in [-0.2, 0) is 9.57 Å². The van der Waals surface area contributed by atoms with Gasteiger partial charge in [0.05, 0.1) is 13.2 Å². The molecular weight excluding hydrogens is 232 g/mol. The van der Waals surface area contributed by atoms with Gasteiger partial charge in [0.1, 0.15) is 18.3 Å². The van der Waals surface area contributed by atoms with Crippen LogP contribution in [0.3, 0.4) is 0 Å². The first-order valence-electron chi connectivity index (χ1n) is 5.47. The number of rotatable bonds is 2. The summed E-state index contributed by atoms with van der Waals surface area (Å²) in [7, 11) is 0. The molecule has 2 heterocycles. The highest BCUT2D eigenvalue weighted by Gasteiger charge is 2.40. The number of carbonyl (C=O) groups is 1. The van der Waals surface area contributed by atoms with Gasteiger partial charge in [0.25, 0.3) is 0 Å². The quantitative estimate of drug-likeness (QED) is 0.440. The second-order valence-electron chi connectivity index (χ2n) is 4.04. The molecule has 8 heteroatoms. The summed E-state index contributed by atoms with van der Waals surface area (Å²) in [6.07, 6.45) is -4.33. The summed E-state index contributed by atoms with van der Waals surface area (Å²) >= 11 is 0. The number of aliphatic hydroxyl groups is 3. The Morgan fingerprint density at radius 2 is 2.12 bits per heavy atom. The number of hydrogen-bond donors (Lipinski definition) is 4. The summed E-state index contributed by atoms with van der Waals surface area (Å²) in [5, 5.41) is 31.9. The van der Waals surface area contributed by atoms with Crippen molar-refractivity contribution in [2.45, 2.75) is 31.0 Å². The van der Waals surface area contributed by atoms with Crippen molar-refractivity contribution in [3.05, 3.63) is 0 Å². The van der Waals surface area contributed by atoms with Gasteiger partial charge in [-0.15, -0.1) is 0 Å². The Morgan fingerprint density at radius 3 is 2.82 bits per heavy atom. The van der Waals surface area contributed by atoms with E-state index < -0.39 is 30.6 Å². The van der Waals surface area contributed by atoms with E-state index in [0.29, 0.717) is 13.1 Å². The maximum Gasteiger partial charge on any atom is 0.341 e. The molecule has 2 aliphatic rings. The molecule has 2 saturated heterocycles. The Balaban J connectivity index is 1.92. The Bertz CT molecular complexity index is 289. The van der Waals surface area contributed by atoms with Gasteiger partial charge >= 0.3 is 6.03 Å². The average Bonchev–Trinajstić information content (AvgIpc) is 2.32. The largest absolute Gasteiger partial charge is 0.388 e. The van der Waals surface area contributed by atoms with E-state index in [1.54, 1.807) is 0 Å². The Labute approximate surface area is 97.7 Å². The van der Waals surface area contributed by atoms with E-state index in [1.807, 2.05) is 0 Å². The van der Waals surface area contributed by atoms with Crippen LogP contribution in [0.25, 0.3) is 0 Å². The van der Waals surface area contributed by atoms with Crippen LogP contribution >= 0.6 is 0 Å². The van der Waals surface area contributed by atoms with Crippen LogP contribution in [0.15, 0.2) is 0 Å². The van der Waals surface area contributed by atoms with E-state index in [0.717, 1.165) is 11.5 Å². The maximum atomic E-state index is 11.4. The number of nitrogens with one attached hydrogen (secondary N) is 1. The lowest BCUT2D eigenvalue weighted by Gasteiger charge is -2.37. The molecule has 0 radical (unpaired) electrons. The third-order valence-electron chi connectivity index (χ3n) is 2.73. The average molecular weight is 248 g/mol. The van der Waals surface area contributed by atoms with Crippen molar-refractivity contribution in [1.82, 2.24) is 10.4 Å². The van der Waals surface area contributed by atoms with Gasteiger partial charge in [0.15, 0.2) is 0 Å². The lowest BCUT2D eigenvalue weighted by molar-refractivity contribution is -0.328. The van der Waals surface area contributed by atoms with Crippen molar-refractivity contribution in [2.24, 2.45) is 0 Å². The first-order chi connectivity index (χ1) is 8.09. The molecule has 8 nitrogen and oxygen atoms in total. The van der Waals surface area contributed by atoms with Crippen LogP contribution in [0.4, 0.5) is 4.79 Å². The predicted molar refractivity (Wildman–Crippen MR) is 53.6 cm³/mol. The zero-order valence-electron chi connectivity index (χ0n) is 9.15. The molecule has 4 N–H and O–H groups in total. The lowest BCUT2D eigenvalue weighted by Crippen LogP contribution is -2.57. The minimum absolute atomic E-state index is 0.154. The Morgan fingerprint density at radius 1 is 1.35 bits per heavy atom. The molecule has 0 aliphatic carbocycles. The molecule has 98 valence electrons. The summed E-state index contributed by atoms with van der Waals surface area (Å²) in [6.45, 7) is 0.809. The molecule has 2 aliphatic heterocycles. The summed E-state index contributed by atoms with van der Waals surface area (Å²) < 4.78 is 5.02. The molecule has 17 heavy (non-hydrogen) atoms. The zero-order valence-corrected chi connectivity index (χ0v) is 9.15. The highest BCUT2D eigenvalue weighted by molar-refractivity contribution is 5.73. The number of urea groups is 1. The SMILES string of the molecule is O=C1NCCCN1OC1OCC(O)C(O)C1O. The molecule has 4 atom stereocenters. The van der Waals surface area contributed by atoms with Crippen LogP contribution in [0.5, 0.6) is 0 Å². The number of nitrogens with zero attached hydrogens (tertiary/aromatic N) is 1. The Hall–Kier alpha value is -0.930. The van der Waals surface area contributed by atoms with Crippen LogP contribution in [-0.4, -0.2) is 70.7 Å². The van der Waals surface area contributed by atoms with Crippen molar-refractivity contribution in [3.8, 4) is 0 Å². The van der Waals surface area contributed by atoms with Gasteiger partial charge in [0.2, 0.25) is 6.29 Å². The van der Waals surface area contributed by atoms with Crippen LogP contribution in [0.2, 0.25) is 0 Å². The number of ether oxygens (including phenoxy) is 1. The van der Waals surface area contributed by atoms with Gasteiger partial charge in [-0.1, -0.05) is 0 Å². The number of hydrogen-bond acceptors (Lipinski definition) is 6. The summed E-state index contributed by atoms with van der Waals surface area (Å²) in [4.78, 5) is 16.5. The second-order valence-corrected chi connectivity index (χ2v) is 4.04. The summed E-state index contributed by atoms with van der Waals surface area (Å²) in [6, 6.07) is -0.410. The van der Waals surface area contributed by atoms with Gasteiger partial charge in [-0.3, -0.25) is 0 Å². The molecule has 0 aromatic rings. The Kier molecular flexibility index (Phi) is 3.79. The fourth-order valence-electron chi connectivity index (χ4n) is 1.71. The third-order valence-corrected chi connectivity index (χ3v) is 2.73. The van der Waals surface area contributed by atoms with Crippen molar-refractivity contribution < 1.29 is 29.7 Å². The lowest BCUT2D eigenvalue weighted by atomic mass is 10.1. The summed E-state index contributed by atoms with van der Waals surface area (Å²) in [5.41, 5.74) is 0. The molecule has 0 aromatic heterocycles. The molecule has 0 spiro atoms. The topological polar surface area (TPSA) is 111 Å². The fraction of sp³-hybridized carbons (Fsp3) is 0.889. The molecular formula is C9H16N2O6. The summed E-state index contributed by atoms with van der Waals surface area (Å²) in [5.74, 6) is 0. The number of carbonyl (C=O) groups excluding carboxylic acids is 1. The maximum absolute atomic E-state index is 11.4. The van der Waals surface area contributed by atoms with E-state index in [1.165, 1.54) is 0 Å². The van der Waals surface area contributed by atoms with Gasteiger partial charge in [-0.2, -0.15) is 0 Å². The van der Waals surface area contributed by atoms with E-state index in [9.17, 15) is 20.1 Å². The van der Waals surface area contributed by atoms with Gasteiger partial charge in [-0.25, -0.2) is 14.7 Å². The predicted octanol–water partition coefficient (Wildman–Crippen LogP) is -2.23. The van der Waals surface area contributed by atoms with Crippen LogP contribution in [0.1, 0.15) is 6.42 Å². The first kappa shape index (κ1) is 12.5. The molecule has 0 saturated carbocycles. The van der Waals surface area contributed by atoms with E-state index >= 15 is 0 Å². The smallest absolute Gasteiger partial charge is 0.341 e. The number of amides is 2. The van der Waals surface area contributed by atoms with E-state index in [4.69, 9.17) is 9.57 Å². The van der Waals surface area contributed by atoms with E-state index in [2.05, 4.69) is 5.32 Å².